The molecule has 0 aromatic heterocycles. The summed E-state index contributed by atoms with van der Waals surface area (Å²) in [5.41, 5.74) is 7.74. The van der Waals surface area contributed by atoms with E-state index in [0.717, 1.165) is 15.6 Å². The number of thioether (sulfide) groups is 1. The van der Waals surface area contributed by atoms with Crippen molar-refractivity contribution in [1.82, 2.24) is 0 Å². The summed E-state index contributed by atoms with van der Waals surface area (Å²) in [7, 11) is 0. The second-order valence-corrected chi connectivity index (χ2v) is 6.23. The molecule has 0 aliphatic rings. The van der Waals surface area contributed by atoms with Gasteiger partial charge in [0.1, 0.15) is 0 Å². The molecular formula is C14H13Cl2NS. The van der Waals surface area contributed by atoms with Crippen LogP contribution in [0.1, 0.15) is 17.7 Å². The Morgan fingerprint density at radius 1 is 1.11 bits per heavy atom. The highest BCUT2D eigenvalue weighted by Crippen LogP contribution is 2.39. The number of benzene rings is 2. The molecule has 4 heteroatoms. The SMILES string of the molecule is CC(Sc1cc(Cl)ccc1Cl)c1cccc(N)c1. The monoisotopic (exact) mass is 297 g/mol. The summed E-state index contributed by atoms with van der Waals surface area (Å²) in [6, 6.07) is 13.4. The highest BCUT2D eigenvalue weighted by molar-refractivity contribution is 7.99. The van der Waals surface area contributed by atoms with Crippen LogP contribution in [0, 0.1) is 0 Å². The van der Waals surface area contributed by atoms with Crippen molar-refractivity contribution in [2.75, 3.05) is 5.73 Å². The van der Waals surface area contributed by atoms with Gasteiger partial charge in [-0.05, 0) is 42.8 Å². The molecule has 1 nitrogen and oxygen atoms in total. The van der Waals surface area contributed by atoms with Crippen LogP contribution >= 0.6 is 35.0 Å². The standard InChI is InChI=1S/C14H13Cl2NS/c1-9(10-3-2-4-12(17)7-10)18-14-8-11(15)5-6-13(14)16/h2-9H,17H2,1H3. The lowest BCUT2D eigenvalue weighted by Crippen LogP contribution is -1.91. The molecule has 2 rings (SSSR count). The van der Waals surface area contributed by atoms with E-state index in [4.69, 9.17) is 28.9 Å². The van der Waals surface area contributed by atoms with Crippen LogP contribution in [0.25, 0.3) is 0 Å². The summed E-state index contributed by atoms with van der Waals surface area (Å²) < 4.78 is 0. The van der Waals surface area contributed by atoms with Gasteiger partial charge >= 0.3 is 0 Å². The average molecular weight is 298 g/mol. The molecule has 0 bridgehead atoms. The summed E-state index contributed by atoms with van der Waals surface area (Å²) in [6.07, 6.45) is 0. The Labute approximate surface area is 121 Å². The second kappa shape index (κ2) is 5.87. The third-order valence-electron chi connectivity index (χ3n) is 2.58. The highest BCUT2D eigenvalue weighted by atomic mass is 35.5. The van der Waals surface area contributed by atoms with E-state index >= 15 is 0 Å². The van der Waals surface area contributed by atoms with Gasteiger partial charge in [0.05, 0.1) is 5.02 Å². The topological polar surface area (TPSA) is 26.0 Å². The molecule has 0 saturated carbocycles. The van der Waals surface area contributed by atoms with Gasteiger partial charge in [-0.3, -0.25) is 0 Å². The first kappa shape index (κ1) is 13.6. The van der Waals surface area contributed by atoms with Crippen LogP contribution in [0.3, 0.4) is 0 Å². The Hall–Kier alpha value is -0.830. The molecule has 1 atom stereocenters. The Balaban J connectivity index is 2.21. The van der Waals surface area contributed by atoms with Gasteiger partial charge in [-0.15, -0.1) is 11.8 Å². The largest absolute Gasteiger partial charge is 0.399 e. The molecule has 0 amide bonds. The molecule has 0 saturated heterocycles. The molecule has 18 heavy (non-hydrogen) atoms. The Morgan fingerprint density at radius 3 is 2.61 bits per heavy atom. The molecule has 2 aromatic rings. The molecule has 0 fully saturated rings. The first-order valence-electron chi connectivity index (χ1n) is 5.53. The van der Waals surface area contributed by atoms with Crippen molar-refractivity contribution in [3.8, 4) is 0 Å². The molecule has 0 spiro atoms. The Morgan fingerprint density at radius 2 is 1.89 bits per heavy atom. The lowest BCUT2D eigenvalue weighted by atomic mass is 10.1. The van der Waals surface area contributed by atoms with Gasteiger partial charge in [-0.2, -0.15) is 0 Å². The van der Waals surface area contributed by atoms with Gasteiger partial charge in [0.15, 0.2) is 0 Å². The van der Waals surface area contributed by atoms with E-state index in [1.165, 1.54) is 5.56 Å². The predicted octanol–water partition coefficient (Wildman–Crippen LogP) is 5.43. The third-order valence-corrected chi connectivity index (χ3v) is 4.47. The van der Waals surface area contributed by atoms with Crippen LogP contribution in [0.5, 0.6) is 0 Å². The number of rotatable bonds is 3. The van der Waals surface area contributed by atoms with Gasteiger partial charge in [-0.1, -0.05) is 35.3 Å². The van der Waals surface area contributed by atoms with E-state index in [1.807, 2.05) is 30.3 Å². The molecular weight excluding hydrogens is 285 g/mol. The van der Waals surface area contributed by atoms with Gasteiger partial charge < -0.3 is 5.73 Å². The lowest BCUT2D eigenvalue weighted by Gasteiger charge is -2.13. The van der Waals surface area contributed by atoms with Gasteiger partial charge in [-0.25, -0.2) is 0 Å². The van der Waals surface area contributed by atoms with Crippen molar-refractivity contribution in [2.24, 2.45) is 0 Å². The molecule has 1 unspecified atom stereocenters. The minimum Gasteiger partial charge on any atom is -0.399 e. The smallest absolute Gasteiger partial charge is 0.0543 e. The van der Waals surface area contributed by atoms with Crippen molar-refractivity contribution < 1.29 is 0 Å². The number of nitrogens with two attached hydrogens (primary N) is 1. The van der Waals surface area contributed by atoms with Crippen molar-refractivity contribution in [1.29, 1.82) is 0 Å². The molecule has 2 aromatic carbocycles. The summed E-state index contributed by atoms with van der Waals surface area (Å²) in [6.45, 7) is 2.12. The average Bonchev–Trinajstić information content (AvgIpc) is 2.34. The first-order chi connectivity index (χ1) is 8.56. The van der Waals surface area contributed by atoms with Crippen molar-refractivity contribution in [2.45, 2.75) is 17.1 Å². The summed E-state index contributed by atoms with van der Waals surface area (Å²) in [5.74, 6) is 0. The van der Waals surface area contributed by atoms with Crippen LogP contribution < -0.4 is 5.73 Å². The van der Waals surface area contributed by atoms with Crippen LogP contribution in [0.4, 0.5) is 5.69 Å². The van der Waals surface area contributed by atoms with Crippen LogP contribution in [-0.4, -0.2) is 0 Å². The van der Waals surface area contributed by atoms with Gasteiger partial charge in [0.25, 0.3) is 0 Å². The van der Waals surface area contributed by atoms with E-state index in [9.17, 15) is 0 Å². The summed E-state index contributed by atoms with van der Waals surface area (Å²) in [5, 5.41) is 1.69. The quantitative estimate of drug-likeness (QED) is 0.604. The fourth-order valence-electron chi connectivity index (χ4n) is 1.64. The van der Waals surface area contributed by atoms with Crippen molar-refractivity contribution in [3.05, 3.63) is 58.1 Å². The molecule has 0 aliphatic heterocycles. The fraction of sp³-hybridized carbons (Fsp3) is 0.143. The third kappa shape index (κ3) is 3.35. The number of halogens is 2. The van der Waals surface area contributed by atoms with E-state index in [0.29, 0.717) is 5.02 Å². The zero-order valence-electron chi connectivity index (χ0n) is 9.86. The van der Waals surface area contributed by atoms with Crippen LogP contribution in [-0.2, 0) is 0 Å². The van der Waals surface area contributed by atoms with Crippen LogP contribution in [0.2, 0.25) is 10.0 Å². The van der Waals surface area contributed by atoms with E-state index in [2.05, 4.69) is 13.0 Å². The number of hydrogen-bond donors (Lipinski definition) is 1. The van der Waals surface area contributed by atoms with Crippen molar-refractivity contribution in [3.63, 3.8) is 0 Å². The van der Waals surface area contributed by atoms with Crippen molar-refractivity contribution >= 4 is 40.7 Å². The first-order valence-corrected chi connectivity index (χ1v) is 7.17. The zero-order valence-corrected chi connectivity index (χ0v) is 12.2. The Bertz CT molecular complexity index is 557. The fourth-order valence-corrected chi connectivity index (χ4v) is 3.17. The van der Waals surface area contributed by atoms with E-state index in [1.54, 1.807) is 17.8 Å². The minimum absolute atomic E-state index is 0.268. The zero-order chi connectivity index (χ0) is 13.1. The van der Waals surface area contributed by atoms with Gasteiger partial charge in [0, 0.05) is 20.9 Å². The maximum atomic E-state index is 6.15. The highest BCUT2D eigenvalue weighted by Gasteiger charge is 2.10. The summed E-state index contributed by atoms with van der Waals surface area (Å²) in [4.78, 5) is 0.985. The minimum atomic E-state index is 0.268. The molecule has 0 heterocycles. The predicted molar refractivity (Wildman–Crippen MR) is 81.6 cm³/mol. The lowest BCUT2D eigenvalue weighted by molar-refractivity contribution is 1.10. The maximum absolute atomic E-state index is 6.15. The Kier molecular flexibility index (Phi) is 4.44. The normalized spacial score (nSPS) is 12.4. The van der Waals surface area contributed by atoms with Gasteiger partial charge in [0.2, 0.25) is 0 Å². The number of hydrogen-bond acceptors (Lipinski definition) is 2. The maximum Gasteiger partial charge on any atom is 0.0543 e. The number of anilines is 1. The molecule has 2 N–H and O–H groups in total. The second-order valence-electron chi connectivity index (χ2n) is 4.00. The van der Waals surface area contributed by atoms with E-state index < -0.39 is 0 Å². The molecule has 0 aliphatic carbocycles. The molecule has 94 valence electrons. The van der Waals surface area contributed by atoms with E-state index in [-0.39, 0.29) is 5.25 Å². The molecule has 0 radical (unpaired) electrons. The van der Waals surface area contributed by atoms with Crippen LogP contribution in [0.15, 0.2) is 47.4 Å². The number of nitrogen functional groups attached to an aromatic ring is 1. The summed E-state index contributed by atoms with van der Waals surface area (Å²) >= 11 is 13.8.